The first-order valence-corrected chi connectivity index (χ1v) is 8.54. The maximum atomic E-state index is 12.7. The Labute approximate surface area is 154 Å². The molecule has 1 atom stereocenters. The highest BCUT2D eigenvalue weighted by molar-refractivity contribution is 5.59. The fourth-order valence-corrected chi connectivity index (χ4v) is 2.95. The van der Waals surface area contributed by atoms with Crippen molar-refractivity contribution in [3.05, 3.63) is 87.1 Å². The minimum absolute atomic E-state index is 0.119. The number of hydrogen-bond donors (Lipinski definition) is 0. The van der Waals surface area contributed by atoms with E-state index in [9.17, 15) is 9.59 Å². The monoisotopic (exact) mass is 359 g/mol. The molecule has 2 aromatic carbocycles. The molecule has 4 rings (SSSR count). The molecule has 2 aliphatic rings. The highest BCUT2D eigenvalue weighted by Crippen LogP contribution is 2.24. The third kappa shape index (κ3) is 2.93. The molecule has 0 radical (unpaired) electrons. The van der Waals surface area contributed by atoms with E-state index in [2.05, 4.69) is 15.1 Å². The van der Waals surface area contributed by atoms with E-state index >= 15 is 0 Å². The lowest BCUT2D eigenvalue weighted by Gasteiger charge is -2.20. The summed E-state index contributed by atoms with van der Waals surface area (Å²) >= 11 is 0. The van der Waals surface area contributed by atoms with Gasteiger partial charge in [0.05, 0.1) is 6.04 Å². The maximum Gasteiger partial charge on any atom is 0.352 e. The molecule has 7 heteroatoms. The highest BCUT2D eigenvalue weighted by atomic mass is 16.2. The van der Waals surface area contributed by atoms with Gasteiger partial charge in [-0.3, -0.25) is 9.36 Å². The molecule has 0 saturated heterocycles. The number of fused-ring (bicyclic) bond motifs is 1. The second-order valence-electron chi connectivity index (χ2n) is 6.26. The van der Waals surface area contributed by atoms with Crippen LogP contribution in [0, 0.1) is 0 Å². The number of hydrogen-bond acceptors (Lipinski definition) is 5. The molecule has 0 amide bonds. The summed E-state index contributed by atoms with van der Waals surface area (Å²) in [5, 5.41) is 4.62. The van der Waals surface area contributed by atoms with Crippen molar-refractivity contribution in [2.24, 2.45) is 7.05 Å². The Hall–Kier alpha value is -3.61. The smallest absolute Gasteiger partial charge is 0.267 e. The van der Waals surface area contributed by atoms with Gasteiger partial charge in [-0.2, -0.15) is 4.98 Å². The van der Waals surface area contributed by atoms with Crippen LogP contribution in [0.1, 0.15) is 18.5 Å². The van der Waals surface area contributed by atoms with Gasteiger partial charge in [0.1, 0.15) is 0 Å². The molecular weight excluding hydrogens is 342 g/mol. The molecule has 0 bridgehead atoms. The topological polar surface area (TPSA) is 82.7 Å². The summed E-state index contributed by atoms with van der Waals surface area (Å²) in [5.41, 5.74) is 0.767. The largest absolute Gasteiger partial charge is 0.352 e. The van der Waals surface area contributed by atoms with Crippen LogP contribution >= 0.6 is 0 Å². The van der Waals surface area contributed by atoms with E-state index in [-0.39, 0.29) is 17.6 Å². The van der Waals surface area contributed by atoms with E-state index in [4.69, 9.17) is 0 Å². The van der Waals surface area contributed by atoms with Crippen LogP contribution in [-0.2, 0) is 7.05 Å². The van der Waals surface area contributed by atoms with Gasteiger partial charge >= 0.3 is 5.69 Å². The Morgan fingerprint density at radius 1 is 0.889 bits per heavy atom. The molecule has 0 fully saturated rings. The molecule has 0 N–H and O–H groups in total. The minimum atomic E-state index is -0.627. The quantitative estimate of drug-likeness (QED) is 0.559. The van der Waals surface area contributed by atoms with Crippen LogP contribution in [0.15, 0.2) is 70.3 Å². The highest BCUT2D eigenvalue weighted by Gasteiger charge is 2.24. The standard InChI is InChI=1S/C20H17N5O2/c1-13(14-9-5-3-6-10-14)25-18-16(19(26)24(2)20(27)22-18)21-17(23-25)15-11-7-4-8-12-15/h3-13H,1-2H3. The first-order chi connectivity index (χ1) is 13.1. The van der Waals surface area contributed by atoms with Gasteiger partial charge in [0, 0.05) is 12.6 Å². The van der Waals surface area contributed by atoms with E-state index in [1.54, 1.807) is 4.68 Å². The van der Waals surface area contributed by atoms with E-state index in [1.165, 1.54) is 7.05 Å². The van der Waals surface area contributed by atoms with E-state index < -0.39 is 11.2 Å². The molecular formula is C20H17N5O2. The molecule has 0 saturated carbocycles. The number of nitrogens with zero attached hydrogens (tertiary/aromatic N) is 5. The molecule has 0 aliphatic carbocycles. The molecule has 27 heavy (non-hydrogen) atoms. The van der Waals surface area contributed by atoms with Crippen LogP contribution in [0.2, 0.25) is 0 Å². The molecule has 0 spiro atoms. The van der Waals surface area contributed by atoms with Gasteiger partial charge in [0.2, 0.25) is 0 Å². The van der Waals surface area contributed by atoms with Crippen molar-refractivity contribution in [1.82, 2.24) is 24.3 Å². The van der Waals surface area contributed by atoms with E-state index in [0.717, 1.165) is 15.7 Å². The van der Waals surface area contributed by atoms with Crippen LogP contribution in [0.4, 0.5) is 0 Å². The van der Waals surface area contributed by atoms with Gasteiger partial charge in [-0.1, -0.05) is 60.7 Å². The first kappa shape index (κ1) is 16.8. The Kier molecular flexibility index (Phi) is 4.12. The maximum absolute atomic E-state index is 12.7. The molecule has 134 valence electrons. The molecule has 0 aromatic heterocycles. The molecule has 2 aliphatic heterocycles. The summed E-state index contributed by atoms with van der Waals surface area (Å²) in [6, 6.07) is 18.9. The first-order valence-electron chi connectivity index (χ1n) is 8.54. The molecule has 1 unspecified atom stereocenters. The summed E-state index contributed by atoms with van der Waals surface area (Å²) in [5.74, 6) is 0.586. The normalized spacial score (nSPS) is 12.2. The van der Waals surface area contributed by atoms with Crippen LogP contribution < -0.4 is 11.2 Å². The third-order valence-corrected chi connectivity index (χ3v) is 4.53. The van der Waals surface area contributed by atoms with Crippen molar-refractivity contribution in [2.45, 2.75) is 13.0 Å². The zero-order valence-electron chi connectivity index (χ0n) is 14.9. The SMILES string of the molecule is CC(c1ccccc1)n1nc(-c2ccccc2)nc2c(=O)n(C)c(=O)nc1-2. The van der Waals surface area contributed by atoms with Crippen molar-refractivity contribution < 1.29 is 0 Å². The van der Waals surface area contributed by atoms with Crippen molar-refractivity contribution in [1.29, 1.82) is 0 Å². The van der Waals surface area contributed by atoms with Gasteiger partial charge < -0.3 is 0 Å². The summed E-state index contributed by atoms with van der Waals surface area (Å²) in [6.07, 6.45) is 0. The van der Waals surface area contributed by atoms with Crippen LogP contribution in [-0.4, -0.2) is 24.3 Å². The summed E-state index contributed by atoms with van der Waals surface area (Å²) in [7, 11) is 1.40. The second-order valence-corrected chi connectivity index (χ2v) is 6.26. The van der Waals surface area contributed by atoms with E-state index in [1.807, 2.05) is 67.6 Å². The Balaban J connectivity index is 2.04. The summed E-state index contributed by atoms with van der Waals surface area (Å²) < 4.78 is 2.56. The van der Waals surface area contributed by atoms with Crippen molar-refractivity contribution >= 4 is 0 Å². The van der Waals surface area contributed by atoms with Crippen molar-refractivity contribution in [3.63, 3.8) is 0 Å². The van der Waals surface area contributed by atoms with Crippen molar-refractivity contribution in [3.8, 4) is 22.9 Å². The Morgan fingerprint density at radius 3 is 2.19 bits per heavy atom. The fourth-order valence-electron chi connectivity index (χ4n) is 2.95. The van der Waals surface area contributed by atoms with E-state index in [0.29, 0.717) is 5.82 Å². The minimum Gasteiger partial charge on any atom is -0.267 e. The lowest BCUT2D eigenvalue weighted by molar-refractivity contribution is 0.537. The van der Waals surface area contributed by atoms with Gasteiger partial charge in [-0.15, -0.1) is 5.10 Å². The van der Waals surface area contributed by atoms with Gasteiger partial charge in [-0.05, 0) is 12.5 Å². The van der Waals surface area contributed by atoms with Gasteiger partial charge in [0.15, 0.2) is 17.3 Å². The number of benzene rings is 2. The van der Waals surface area contributed by atoms with Gasteiger partial charge in [0.25, 0.3) is 5.56 Å². The number of aromatic nitrogens is 5. The third-order valence-electron chi connectivity index (χ3n) is 4.53. The van der Waals surface area contributed by atoms with Crippen molar-refractivity contribution in [2.75, 3.05) is 0 Å². The molecule has 7 nitrogen and oxygen atoms in total. The average Bonchev–Trinajstić information content (AvgIpc) is 2.72. The lowest BCUT2D eigenvalue weighted by Crippen LogP contribution is -2.37. The van der Waals surface area contributed by atoms with Crippen LogP contribution in [0.3, 0.4) is 0 Å². The lowest BCUT2D eigenvalue weighted by atomic mass is 10.1. The molecule has 2 heterocycles. The average molecular weight is 359 g/mol. The summed E-state index contributed by atoms with van der Waals surface area (Å²) in [4.78, 5) is 33.2. The Bertz CT molecular complexity index is 1180. The molecule has 2 aromatic rings. The Morgan fingerprint density at radius 2 is 1.52 bits per heavy atom. The predicted molar refractivity (Wildman–Crippen MR) is 102 cm³/mol. The predicted octanol–water partition coefficient (Wildman–Crippen LogP) is 2.11. The zero-order valence-corrected chi connectivity index (χ0v) is 14.9. The summed E-state index contributed by atoms with van der Waals surface area (Å²) in [6.45, 7) is 1.94. The second kappa shape index (κ2) is 6.60. The van der Waals surface area contributed by atoms with Crippen LogP contribution in [0.5, 0.6) is 0 Å². The van der Waals surface area contributed by atoms with Gasteiger partial charge in [-0.25, -0.2) is 14.5 Å². The fraction of sp³-hybridized carbons (Fsp3) is 0.150. The van der Waals surface area contributed by atoms with Crippen LogP contribution in [0.25, 0.3) is 22.9 Å². The number of rotatable bonds is 3. The zero-order chi connectivity index (χ0) is 19.0.